The zero-order valence-corrected chi connectivity index (χ0v) is 23.8. The molecule has 0 spiro atoms. The quantitative estimate of drug-likeness (QED) is 0.220. The van der Waals surface area contributed by atoms with Gasteiger partial charge in [0, 0.05) is 22.0 Å². The van der Waals surface area contributed by atoms with Crippen LogP contribution >= 0.6 is 11.3 Å². The van der Waals surface area contributed by atoms with Gasteiger partial charge in [0.1, 0.15) is 16.4 Å². The third-order valence-electron chi connectivity index (χ3n) is 7.57. The Hall–Kier alpha value is -4.83. The second-order valence-electron chi connectivity index (χ2n) is 10.3. The highest BCUT2D eigenvalue weighted by Gasteiger charge is 2.37. The van der Waals surface area contributed by atoms with E-state index in [4.69, 9.17) is 0 Å². The number of imide groups is 2. The maximum atomic E-state index is 13.7. The number of carbonyl (C=O) groups excluding carboxylic acids is 4. The molecule has 0 saturated carbocycles. The van der Waals surface area contributed by atoms with Gasteiger partial charge >= 0.3 is 6.03 Å². The number of rotatable bonds is 5. The molecule has 0 radical (unpaired) electrons. The summed E-state index contributed by atoms with van der Waals surface area (Å²) in [6, 6.07) is 15.1. The molecule has 4 aromatic rings. The predicted molar refractivity (Wildman–Crippen MR) is 160 cm³/mol. The average molecular weight is 583 g/mol. The van der Waals surface area contributed by atoms with Crippen molar-refractivity contribution in [3.63, 3.8) is 0 Å². The molecular weight excluding hydrogens is 555 g/mol. The summed E-state index contributed by atoms with van der Waals surface area (Å²) in [7, 11) is 0. The molecule has 5 amide bonds. The SMILES string of the molecule is Cc1cc(/C=C2\C(=O)NC(=O)N(c3ccc(F)cc3)C2=O)c(C)n1-c1sc2c(c1C(=O)Nc1ccccc1)CCCC2. The van der Waals surface area contributed by atoms with Crippen molar-refractivity contribution in [1.82, 2.24) is 9.88 Å². The fourth-order valence-electron chi connectivity index (χ4n) is 5.54. The third kappa shape index (κ3) is 4.83. The van der Waals surface area contributed by atoms with Gasteiger partial charge in [-0.05, 0) is 99.2 Å². The summed E-state index contributed by atoms with van der Waals surface area (Å²) < 4.78 is 15.5. The van der Waals surface area contributed by atoms with E-state index in [9.17, 15) is 23.6 Å². The maximum Gasteiger partial charge on any atom is 0.335 e. The molecule has 0 unspecified atom stereocenters. The summed E-state index contributed by atoms with van der Waals surface area (Å²) in [6.07, 6.45) is 5.26. The largest absolute Gasteiger partial charge is 0.335 e. The number of halogens is 1. The molecule has 2 aliphatic rings. The molecule has 1 saturated heterocycles. The number of benzene rings is 2. The highest BCUT2D eigenvalue weighted by molar-refractivity contribution is 7.15. The summed E-state index contributed by atoms with van der Waals surface area (Å²) in [5.41, 5.74) is 4.47. The van der Waals surface area contributed by atoms with E-state index >= 15 is 0 Å². The number of urea groups is 1. The van der Waals surface area contributed by atoms with E-state index in [1.54, 1.807) is 11.3 Å². The number of aromatic nitrogens is 1. The summed E-state index contributed by atoms with van der Waals surface area (Å²) in [5, 5.41) is 6.03. The molecule has 2 aromatic heterocycles. The van der Waals surface area contributed by atoms with Crippen LogP contribution in [-0.2, 0) is 22.4 Å². The Balaban J connectivity index is 1.41. The van der Waals surface area contributed by atoms with Crippen LogP contribution in [0.5, 0.6) is 0 Å². The number of thiophene rings is 1. The van der Waals surface area contributed by atoms with E-state index in [0.717, 1.165) is 64.7 Å². The number of fused-ring (bicyclic) bond motifs is 1. The second-order valence-corrected chi connectivity index (χ2v) is 11.4. The number of amides is 5. The van der Waals surface area contributed by atoms with Gasteiger partial charge in [0.2, 0.25) is 0 Å². The molecule has 42 heavy (non-hydrogen) atoms. The highest BCUT2D eigenvalue weighted by atomic mass is 32.1. The molecule has 212 valence electrons. The van der Waals surface area contributed by atoms with Crippen LogP contribution in [0.15, 0.2) is 66.2 Å². The van der Waals surface area contributed by atoms with Crippen molar-refractivity contribution in [2.24, 2.45) is 0 Å². The number of aryl methyl sites for hydroxylation is 2. The molecule has 3 heterocycles. The van der Waals surface area contributed by atoms with Gasteiger partial charge in [-0.25, -0.2) is 14.1 Å². The van der Waals surface area contributed by atoms with Crippen LogP contribution in [0.1, 0.15) is 50.6 Å². The van der Waals surface area contributed by atoms with Crippen LogP contribution in [0.4, 0.5) is 20.6 Å². The first-order valence-corrected chi connectivity index (χ1v) is 14.4. The smallest absolute Gasteiger partial charge is 0.322 e. The predicted octanol–water partition coefficient (Wildman–Crippen LogP) is 6.09. The summed E-state index contributed by atoms with van der Waals surface area (Å²) >= 11 is 1.59. The van der Waals surface area contributed by atoms with Crippen LogP contribution in [-0.4, -0.2) is 28.3 Å². The number of hydrogen-bond donors (Lipinski definition) is 2. The molecule has 1 aliphatic carbocycles. The van der Waals surface area contributed by atoms with Crippen LogP contribution in [0.25, 0.3) is 11.1 Å². The molecule has 2 aromatic carbocycles. The van der Waals surface area contributed by atoms with Crippen molar-refractivity contribution in [3.05, 3.63) is 105 Å². The van der Waals surface area contributed by atoms with E-state index in [-0.39, 0.29) is 17.2 Å². The van der Waals surface area contributed by atoms with Gasteiger partial charge in [-0.2, -0.15) is 0 Å². The molecule has 1 fully saturated rings. The topological polar surface area (TPSA) is 101 Å². The van der Waals surface area contributed by atoms with E-state index in [1.807, 2.05) is 54.8 Å². The Morgan fingerprint density at radius 1 is 1.00 bits per heavy atom. The number of para-hydroxylation sites is 1. The van der Waals surface area contributed by atoms with Gasteiger partial charge < -0.3 is 9.88 Å². The van der Waals surface area contributed by atoms with Gasteiger partial charge in [0.15, 0.2) is 0 Å². The van der Waals surface area contributed by atoms with Crippen molar-refractivity contribution in [3.8, 4) is 5.00 Å². The van der Waals surface area contributed by atoms with Crippen LogP contribution in [0.3, 0.4) is 0 Å². The Labute approximate surface area is 245 Å². The van der Waals surface area contributed by atoms with Gasteiger partial charge in [0.25, 0.3) is 17.7 Å². The van der Waals surface area contributed by atoms with E-state index in [2.05, 4.69) is 10.6 Å². The molecule has 0 bridgehead atoms. The monoisotopic (exact) mass is 582 g/mol. The first kappa shape index (κ1) is 27.3. The lowest BCUT2D eigenvalue weighted by molar-refractivity contribution is -0.122. The zero-order chi connectivity index (χ0) is 29.5. The number of anilines is 2. The summed E-state index contributed by atoms with van der Waals surface area (Å²) in [4.78, 5) is 54.5. The van der Waals surface area contributed by atoms with E-state index in [1.165, 1.54) is 23.1 Å². The van der Waals surface area contributed by atoms with Crippen molar-refractivity contribution < 1.29 is 23.6 Å². The Kier molecular flexibility index (Phi) is 7.07. The number of barbiturate groups is 1. The van der Waals surface area contributed by atoms with Crippen LogP contribution in [0, 0.1) is 19.7 Å². The van der Waals surface area contributed by atoms with Crippen molar-refractivity contribution in [1.29, 1.82) is 0 Å². The van der Waals surface area contributed by atoms with Crippen molar-refractivity contribution in [2.45, 2.75) is 39.5 Å². The van der Waals surface area contributed by atoms with E-state index in [0.29, 0.717) is 16.8 Å². The van der Waals surface area contributed by atoms with Crippen LogP contribution in [0.2, 0.25) is 0 Å². The van der Waals surface area contributed by atoms with Crippen molar-refractivity contribution >= 4 is 52.5 Å². The minimum Gasteiger partial charge on any atom is -0.322 e. The van der Waals surface area contributed by atoms with Crippen molar-refractivity contribution in [2.75, 3.05) is 10.2 Å². The lowest BCUT2D eigenvalue weighted by Gasteiger charge is -2.26. The Morgan fingerprint density at radius 2 is 1.71 bits per heavy atom. The fraction of sp³-hybridized carbons (Fsp3) is 0.188. The Bertz CT molecular complexity index is 1790. The van der Waals surface area contributed by atoms with E-state index < -0.39 is 23.7 Å². The summed E-state index contributed by atoms with van der Waals surface area (Å²) in [6.45, 7) is 3.77. The molecule has 0 atom stereocenters. The average Bonchev–Trinajstić information content (AvgIpc) is 3.48. The van der Waals surface area contributed by atoms with Gasteiger partial charge in [-0.3, -0.25) is 19.7 Å². The number of nitrogens with zero attached hydrogens (tertiary/aromatic N) is 2. The molecule has 6 rings (SSSR count). The molecular formula is C32H27FN4O4S. The number of carbonyl (C=O) groups is 4. The standard InChI is InChI=1S/C32H27FN4O4S/c1-18-16-20(17-25-28(38)35-32(41)37(30(25)40)23-14-12-21(33)13-15-23)19(2)36(18)31-27(24-10-6-7-11-26(24)42-31)29(39)34-22-8-4-3-5-9-22/h3-5,8-9,12-17H,6-7,10-11H2,1-2H3,(H,34,39)(H,35,38,41)/b25-17+. The third-order valence-corrected chi connectivity index (χ3v) is 8.85. The first-order valence-electron chi connectivity index (χ1n) is 13.6. The zero-order valence-electron chi connectivity index (χ0n) is 23.0. The number of nitrogens with one attached hydrogen (secondary N) is 2. The van der Waals surface area contributed by atoms with Gasteiger partial charge in [-0.15, -0.1) is 11.3 Å². The molecule has 8 nitrogen and oxygen atoms in total. The molecule has 1 aliphatic heterocycles. The van der Waals surface area contributed by atoms with Gasteiger partial charge in [0.05, 0.1) is 11.3 Å². The Morgan fingerprint density at radius 3 is 2.45 bits per heavy atom. The van der Waals surface area contributed by atoms with Gasteiger partial charge in [-0.1, -0.05) is 18.2 Å². The fourth-order valence-corrected chi connectivity index (χ4v) is 7.04. The molecule has 2 N–H and O–H groups in total. The maximum absolute atomic E-state index is 13.7. The lowest BCUT2D eigenvalue weighted by Crippen LogP contribution is -2.54. The minimum atomic E-state index is -0.905. The molecule has 10 heteroatoms. The summed E-state index contributed by atoms with van der Waals surface area (Å²) in [5.74, 6) is -2.33. The lowest BCUT2D eigenvalue weighted by atomic mass is 9.95. The van der Waals surface area contributed by atoms with Crippen LogP contribution < -0.4 is 15.5 Å². The second kappa shape index (κ2) is 10.9. The highest BCUT2D eigenvalue weighted by Crippen LogP contribution is 2.39. The normalized spacial score (nSPS) is 16.0. The number of hydrogen-bond acceptors (Lipinski definition) is 5. The minimum absolute atomic E-state index is 0.140. The first-order chi connectivity index (χ1) is 20.2.